The lowest BCUT2D eigenvalue weighted by molar-refractivity contribution is -0.598. The second kappa shape index (κ2) is 17.2. The number of methoxy groups -OCH3 is 4. The fourth-order valence-electron chi connectivity index (χ4n) is 3.47. The Bertz CT molecular complexity index is 1490. The molecule has 0 heterocycles. The van der Waals surface area contributed by atoms with Crippen LogP contribution in [-0.2, 0) is 35.5 Å². The Labute approximate surface area is 287 Å². The van der Waals surface area contributed by atoms with Crippen LogP contribution in [0.3, 0.4) is 0 Å². The van der Waals surface area contributed by atoms with E-state index < -0.39 is 72.2 Å². The average Bonchev–Trinajstić information content (AvgIpc) is 2.94. The molecule has 1 atom stereocenters. The molecular formula is C30H39F3INO12S. The molecule has 0 N–H and O–H groups in total. The third-order valence-electron chi connectivity index (χ3n) is 5.47. The summed E-state index contributed by atoms with van der Waals surface area (Å²) >= 11 is -0.799. The SMILES string of the molecule is COC(=O)[C@H](Cc1cc(OC)c(OC)cc1[I+]c1ccc(OC)cc1)N(C(=O)OC(C)(C)C)C(=O)OC(C)(C)C.O=S(=O)([O-])C(F)(F)F. The van der Waals surface area contributed by atoms with Gasteiger partial charge in [0.1, 0.15) is 23.0 Å². The molecule has 0 unspecified atom stereocenters. The number of carbonyl (C=O) groups is 3. The number of halogens is 4. The monoisotopic (exact) mass is 821 g/mol. The largest absolute Gasteiger partial charge is 0.741 e. The Morgan fingerprint density at radius 3 is 1.60 bits per heavy atom. The first kappa shape index (κ1) is 42.5. The molecule has 0 aliphatic heterocycles. The summed E-state index contributed by atoms with van der Waals surface area (Å²) in [5, 5.41) is 0. The first-order valence-electron chi connectivity index (χ1n) is 13.8. The van der Waals surface area contributed by atoms with E-state index in [9.17, 15) is 27.6 Å². The first-order valence-corrected chi connectivity index (χ1v) is 17.3. The molecule has 2 amide bonds. The molecule has 48 heavy (non-hydrogen) atoms. The van der Waals surface area contributed by atoms with E-state index in [1.165, 1.54) is 21.3 Å². The van der Waals surface area contributed by atoms with Crippen LogP contribution < -0.4 is 35.4 Å². The Balaban J connectivity index is 0.00000127. The van der Waals surface area contributed by atoms with E-state index in [0.29, 0.717) is 22.0 Å². The standard InChI is InChI=1S/C29H39INO9.CHF3O3S/c1-28(2,3)39-26(33)31(27(34)40-29(4,5)6)22(25(32)38-10)15-18-16-23(36-8)24(37-9)17-21(18)30-19-11-13-20(35-7)14-12-19;2-1(3,4)8(5,6)7/h11-14,16-17,22H,15H2,1-10H3;(H,5,6,7)/q+1;/p-1/t22-;/m0./s1. The van der Waals surface area contributed by atoms with Crippen molar-refractivity contribution in [2.45, 2.75) is 70.7 Å². The highest BCUT2D eigenvalue weighted by atomic mass is 127. The van der Waals surface area contributed by atoms with Crippen molar-refractivity contribution in [2.24, 2.45) is 0 Å². The third-order valence-corrected chi connectivity index (χ3v) is 8.97. The lowest BCUT2D eigenvalue weighted by Gasteiger charge is -2.32. The number of rotatable bonds is 9. The highest BCUT2D eigenvalue weighted by Gasteiger charge is 2.42. The summed E-state index contributed by atoms with van der Waals surface area (Å²) in [4.78, 5) is 40.6. The molecule has 0 fully saturated rings. The van der Waals surface area contributed by atoms with E-state index in [1.807, 2.05) is 30.3 Å². The molecule has 18 heteroatoms. The molecule has 0 saturated heterocycles. The van der Waals surface area contributed by atoms with Gasteiger partial charge in [0.2, 0.25) is 3.57 Å². The van der Waals surface area contributed by atoms with Gasteiger partial charge in [0, 0.05) is 18.1 Å². The summed E-state index contributed by atoms with van der Waals surface area (Å²) in [5.41, 5.74) is -6.85. The Kier molecular flexibility index (Phi) is 15.3. The van der Waals surface area contributed by atoms with Crippen LogP contribution in [0.2, 0.25) is 0 Å². The van der Waals surface area contributed by atoms with Crippen molar-refractivity contribution in [3.63, 3.8) is 0 Å². The normalized spacial score (nSPS) is 12.5. The quantitative estimate of drug-likeness (QED) is 0.119. The minimum Gasteiger partial charge on any atom is -0.741 e. The average molecular weight is 822 g/mol. The zero-order valence-corrected chi connectivity index (χ0v) is 31.0. The predicted molar refractivity (Wildman–Crippen MR) is 160 cm³/mol. The number of imide groups is 1. The zero-order chi connectivity index (χ0) is 37.3. The van der Waals surface area contributed by atoms with Gasteiger partial charge in [-0.1, -0.05) is 0 Å². The molecule has 0 radical (unpaired) electrons. The van der Waals surface area contributed by atoms with Gasteiger partial charge in [-0.15, -0.1) is 0 Å². The molecule has 2 rings (SSSR count). The van der Waals surface area contributed by atoms with E-state index in [0.717, 1.165) is 12.9 Å². The van der Waals surface area contributed by atoms with Gasteiger partial charge in [-0.3, -0.25) is 0 Å². The lowest BCUT2D eigenvalue weighted by atomic mass is 10.0. The zero-order valence-electron chi connectivity index (χ0n) is 28.0. The molecule has 0 aromatic heterocycles. The van der Waals surface area contributed by atoms with E-state index >= 15 is 0 Å². The van der Waals surface area contributed by atoms with Crippen molar-refractivity contribution >= 4 is 28.3 Å². The van der Waals surface area contributed by atoms with E-state index in [2.05, 4.69) is 0 Å². The summed E-state index contributed by atoms with van der Waals surface area (Å²) in [7, 11) is -0.253. The maximum atomic E-state index is 13.3. The number of benzene rings is 2. The van der Waals surface area contributed by atoms with Crippen LogP contribution in [0.15, 0.2) is 36.4 Å². The number of carbonyl (C=O) groups excluding carboxylic acids is 3. The Hall–Kier alpha value is -3.52. The molecule has 0 aliphatic rings. The summed E-state index contributed by atoms with van der Waals surface area (Å²) in [6.07, 6.45) is -2.12. The van der Waals surface area contributed by atoms with Crippen LogP contribution in [0.4, 0.5) is 22.8 Å². The number of alkyl halides is 3. The van der Waals surface area contributed by atoms with E-state index in [1.54, 1.807) is 54.7 Å². The van der Waals surface area contributed by atoms with Crippen molar-refractivity contribution in [3.8, 4) is 17.2 Å². The third kappa shape index (κ3) is 13.5. The van der Waals surface area contributed by atoms with Gasteiger partial charge in [-0.25, -0.2) is 22.8 Å². The maximum absolute atomic E-state index is 13.3. The predicted octanol–water partition coefficient (Wildman–Crippen LogP) is 2.15. The number of hydrogen-bond donors (Lipinski definition) is 0. The van der Waals surface area contributed by atoms with E-state index in [-0.39, 0.29) is 6.42 Å². The van der Waals surface area contributed by atoms with Crippen LogP contribution in [0, 0.1) is 7.14 Å². The van der Waals surface area contributed by atoms with Crippen molar-refractivity contribution < 1.29 is 90.2 Å². The number of ether oxygens (including phenoxy) is 6. The van der Waals surface area contributed by atoms with E-state index in [4.69, 9.17) is 41.4 Å². The molecule has 0 spiro atoms. The Morgan fingerprint density at radius 1 is 0.812 bits per heavy atom. The summed E-state index contributed by atoms with van der Waals surface area (Å²) in [6.45, 7) is 9.98. The number of nitrogens with zero attached hydrogens (tertiary/aromatic N) is 1. The van der Waals surface area contributed by atoms with Crippen LogP contribution in [0.5, 0.6) is 17.2 Å². The molecule has 0 bridgehead atoms. The van der Waals surface area contributed by atoms with Gasteiger partial charge in [-0.2, -0.15) is 18.1 Å². The van der Waals surface area contributed by atoms with Crippen molar-refractivity contribution in [1.82, 2.24) is 4.90 Å². The van der Waals surface area contributed by atoms with Crippen molar-refractivity contribution in [3.05, 3.63) is 49.1 Å². The van der Waals surface area contributed by atoms with Gasteiger partial charge in [0.25, 0.3) is 0 Å². The highest BCUT2D eigenvalue weighted by molar-refractivity contribution is 7.86. The molecular weight excluding hydrogens is 782 g/mol. The molecule has 2 aromatic carbocycles. The van der Waals surface area contributed by atoms with Crippen LogP contribution >= 0.6 is 0 Å². The smallest absolute Gasteiger partial charge is 0.485 e. The molecule has 13 nitrogen and oxygen atoms in total. The van der Waals surface area contributed by atoms with Crippen LogP contribution in [0.25, 0.3) is 0 Å². The van der Waals surface area contributed by atoms with Gasteiger partial charge in [0.05, 0.1) is 28.4 Å². The van der Waals surface area contributed by atoms with Crippen LogP contribution in [-0.4, -0.2) is 87.2 Å². The second-order valence-electron chi connectivity index (χ2n) is 11.5. The molecule has 0 aliphatic carbocycles. The topological polar surface area (TPSA) is 167 Å². The highest BCUT2D eigenvalue weighted by Crippen LogP contribution is 2.29. The van der Waals surface area contributed by atoms with Crippen molar-refractivity contribution in [2.75, 3.05) is 28.4 Å². The summed E-state index contributed by atoms with van der Waals surface area (Å²) in [6, 6.07) is 9.90. The van der Waals surface area contributed by atoms with Gasteiger partial charge >= 0.3 is 44.9 Å². The molecule has 270 valence electrons. The first-order chi connectivity index (χ1) is 21.9. The van der Waals surface area contributed by atoms with Gasteiger partial charge in [-0.05, 0) is 71.9 Å². The summed E-state index contributed by atoms with van der Waals surface area (Å²) < 4.78 is 93.3. The van der Waals surface area contributed by atoms with Gasteiger partial charge in [0.15, 0.2) is 25.2 Å². The second-order valence-corrected chi connectivity index (χ2v) is 15.8. The number of hydrogen-bond acceptors (Lipinski definition) is 12. The molecule has 2 aromatic rings. The lowest BCUT2D eigenvalue weighted by Crippen LogP contribution is -3.61. The minimum absolute atomic E-state index is 0.0727. The number of amides is 2. The Morgan fingerprint density at radius 2 is 1.25 bits per heavy atom. The molecule has 0 saturated carbocycles. The fourth-order valence-corrected chi connectivity index (χ4v) is 6.02. The van der Waals surface area contributed by atoms with Crippen molar-refractivity contribution in [1.29, 1.82) is 0 Å². The van der Waals surface area contributed by atoms with Gasteiger partial charge < -0.3 is 33.0 Å². The summed E-state index contributed by atoms with van der Waals surface area (Å²) in [5.74, 6) is 0.876. The maximum Gasteiger partial charge on any atom is 0.485 e. The number of esters is 1. The van der Waals surface area contributed by atoms with Crippen LogP contribution in [0.1, 0.15) is 47.1 Å². The fraction of sp³-hybridized carbons (Fsp3) is 0.500. The minimum atomic E-state index is -6.09.